The number of hydrogen-bond acceptors (Lipinski definition) is 4. The van der Waals surface area contributed by atoms with E-state index in [1.165, 1.54) is 16.1 Å². The quantitative estimate of drug-likeness (QED) is 0.666. The molecule has 1 N–H and O–H groups in total. The van der Waals surface area contributed by atoms with Gasteiger partial charge in [-0.05, 0) is 37.9 Å². The van der Waals surface area contributed by atoms with Crippen LogP contribution >= 0.6 is 0 Å². The summed E-state index contributed by atoms with van der Waals surface area (Å²) in [4.78, 5) is 0. The molecule has 0 saturated carbocycles. The molecule has 1 rings (SSSR count). The summed E-state index contributed by atoms with van der Waals surface area (Å²) < 4.78 is 29.8. The molecule has 0 saturated heterocycles. The average Bonchev–Trinajstić information content (AvgIpc) is 2.46. The summed E-state index contributed by atoms with van der Waals surface area (Å²) in [5, 5.41) is 3.44. The van der Waals surface area contributed by atoms with Crippen LogP contribution < -0.4 is 10.1 Å². The molecule has 0 heterocycles. The second kappa shape index (κ2) is 9.12. The van der Waals surface area contributed by atoms with E-state index < -0.39 is 10.0 Å². The van der Waals surface area contributed by atoms with E-state index in [2.05, 4.69) is 18.3 Å². The standard InChI is InChI=1S/C16H28N2O3S/c1-5-18(22(4,19)20)12-8-11-17-14(2)13-15-9-6-7-10-16(15)21-3/h6-7,9-10,14,17H,5,8,11-13H2,1-4H3. The van der Waals surface area contributed by atoms with Crippen molar-refractivity contribution in [3.05, 3.63) is 29.8 Å². The van der Waals surface area contributed by atoms with Gasteiger partial charge < -0.3 is 10.1 Å². The molecule has 0 aromatic heterocycles. The van der Waals surface area contributed by atoms with Crippen LogP contribution in [0.4, 0.5) is 0 Å². The monoisotopic (exact) mass is 328 g/mol. The van der Waals surface area contributed by atoms with Crippen LogP contribution in [0, 0.1) is 0 Å². The van der Waals surface area contributed by atoms with Gasteiger partial charge in [-0.3, -0.25) is 0 Å². The summed E-state index contributed by atoms with van der Waals surface area (Å²) in [5.74, 6) is 0.908. The van der Waals surface area contributed by atoms with Crippen molar-refractivity contribution in [2.45, 2.75) is 32.7 Å². The van der Waals surface area contributed by atoms with Crippen LogP contribution in [-0.2, 0) is 16.4 Å². The maximum Gasteiger partial charge on any atom is 0.211 e. The molecule has 126 valence electrons. The lowest BCUT2D eigenvalue weighted by Gasteiger charge is -2.19. The minimum absolute atomic E-state index is 0.310. The van der Waals surface area contributed by atoms with Crippen LogP contribution in [-0.4, -0.2) is 51.8 Å². The second-order valence-corrected chi connectivity index (χ2v) is 7.46. The first-order chi connectivity index (χ1) is 10.4. The maximum absolute atomic E-state index is 11.5. The van der Waals surface area contributed by atoms with E-state index in [-0.39, 0.29) is 0 Å². The number of rotatable bonds is 10. The zero-order valence-corrected chi connectivity index (χ0v) is 14.8. The normalized spacial score (nSPS) is 13.3. The van der Waals surface area contributed by atoms with Crippen molar-refractivity contribution >= 4 is 10.0 Å². The summed E-state index contributed by atoms with van der Waals surface area (Å²) in [7, 11) is -1.40. The molecular formula is C16H28N2O3S. The lowest BCUT2D eigenvalue weighted by molar-refractivity contribution is 0.401. The van der Waals surface area contributed by atoms with Crippen molar-refractivity contribution in [2.75, 3.05) is 33.0 Å². The van der Waals surface area contributed by atoms with Gasteiger partial charge in [0.05, 0.1) is 13.4 Å². The van der Waals surface area contributed by atoms with E-state index >= 15 is 0 Å². The Morgan fingerprint density at radius 3 is 2.59 bits per heavy atom. The molecule has 0 radical (unpaired) electrons. The van der Waals surface area contributed by atoms with Crippen molar-refractivity contribution in [1.29, 1.82) is 0 Å². The molecule has 22 heavy (non-hydrogen) atoms. The SMILES string of the molecule is CCN(CCCNC(C)Cc1ccccc1OC)S(C)(=O)=O. The van der Waals surface area contributed by atoms with Gasteiger partial charge in [-0.15, -0.1) is 0 Å². The van der Waals surface area contributed by atoms with E-state index in [4.69, 9.17) is 4.74 Å². The zero-order valence-electron chi connectivity index (χ0n) is 14.0. The number of ether oxygens (including phenoxy) is 1. The Bertz CT molecular complexity index is 546. The molecule has 0 amide bonds. The lowest BCUT2D eigenvalue weighted by atomic mass is 10.1. The highest BCUT2D eigenvalue weighted by Gasteiger charge is 2.13. The molecule has 6 heteroatoms. The van der Waals surface area contributed by atoms with E-state index in [1.807, 2.05) is 25.1 Å². The van der Waals surface area contributed by atoms with E-state index in [9.17, 15) is 8.42 Å². The molecule has 1 atom stereocenters. The second-order valence-electron chi connectivity index (χ2n) is 5.48. The van der Waals surface area contributed by atoms with E-state index in [0.29, 0.717) is 19.1 Å². The first-order valence-electron chi connectivity index (χ1n) is 7.68. The highest BCUT2D eigenvalue weighted by Crippen LogP contribution is 2.18. The van der Waals surface area contributed by atoms with Gasteiger partial charge in [-0.2, -0.15) is 0 Å². The molecule has 5 nitrogen and oxygen atoms in total. The third kappa shape index (κ3) is 6.34. The number of para-hydroxylation sites is 1. The van der Waals surface area contributed by atoms with Crippen LogP contribution in [0.25, 0.3) is 0 Å². The van der Waals surface area contributed by atoms with Crippen LogP contribution in [0.1, 0.15) is 25.8 Å². The van der Waals surface area contributed by atoms with Crippen molar-refractivity contribution in [1.82, 2.24) is 9.62 Å². The molecule has 0 bridgehead atoms. The van der Waals surface area contributed by atoms with Gasteiger partial charge >= 0.3 is 0 Å². The van der Waals surface area contributed by atoms with Crippen LogP contribution in [0.5, 0.6) is 5.75 Å². The van der Waals surface area contributed by atoms with Gasteiger partial charge in [0.25, 0.3) is 0 Å². The van der Waals surface area contributed by atoms with Gasteiger partial charge in [0.1, 0.15) is 5.75 Å². The fraction of sp³-hybridized carbons (Fsp3) is 0.625. The first kappa shape index (κ1) is 18.9. The van der Waals surface area contributed by atoms with Gasteiger partial charge in [-0.25, -0.2) is 12.7 Å². The predicted molar refractivity (Wildman–Crippen MR) is 90.9 cm³/mol. The number of sulfonamides is 1. The Morgan fingerprint density at radius 2 is 2.00 bits per heavy atom. The summed E-state index contributed by atoms with van der Waals surface area (Å²) in [6, 6.07) is 8.32. The largest absolute Gasteiger partial charge is 0.496 e. The number of hydrogen-bond donors (Lipinski definition) is 1. The summed E-state index contributed by atoms with van der Waals surface area (Å²) in [6.07, 6.45) is 2.94. The third-order valence-corrected chi connectivity index (χ3v) is 5.00. The third-order valence-electron chi connectivity index (χ3n) is 3.62. The van der Waals surface area contributed by atoms with Crippen molar-refractivity contribution < 1.29 is 13.2 Å². The predicted octanol–water partition coefficient (Wildman–Crippen LogP) is 1.89. The van der Waals surface area contributed by atoms with Gasteiger partial charge in [-0.1, -0.05) is 25.1 Å². The van der Waals surface area contributed by atoms with Crippen LogP contribution in [0.2, 0.25) is 0 Å². The highest BCUT2D eigenvalue weighted by molar-refractivity contribution is 7.88. The van der Waals surface area contributed by atoms with Crippen molar-refractivity contribution in [3.63, 3.8) is 0 Å². The number of benzene rings is 1. The minimum Gasteiger partial charge on any atom is -0.496 e. The van der Waals surface area contributed by atoms with Gasteiger partial charge in [0.15, 0.2) is 0 Å². The van der Waals surface area contributed by atoms with Crippen LogP contribution in [0.15, 0.2) is 24.3 Å². The lowest BCUT2D eigenvalue weighted by Crippen LogP contribution is -2.34. The summed E-state index contributed by atoms with van der Waals surface area (Å²) in [6.45, 7) is 5.86. The molecule has 0 spiro atoms. The van der Waals surface area contributed by atoms with Crippen molar-refractivity contribution in [3.8, 4) is 5.75 Å². The van der Waals surface area contributed by atoms with Crippen molar-refractivity contribution in [2.24, 2.45) is 0 Å². The Balaban J connectivity index is 2.36. The summed E-state index contributed by atoms with van der Waals surface area (Å²) in [5.41, 5.74) is 1.18. The van der Waals surface area contributed by atoms with Gasteiger partial charge in [0, 0.05) is 19.1 Å². The Morgan fingerprint density at radius 1 is 1.32 bits per heavy atom. The van der Waals surface area contributed by atoms with Gasteiger partial charge in [0.2, 0.25) is 10.0 Å². The molecule has 0 aliphatic heterocycles. The fourth-order valence-corrected chi connectivity index (χ4v) is 3.37. The zero-order chi connectivity index (χ0) is 16.6. The molecule has 0 fully saturated rings. The fourth-order valence-electron chi connectivity index (χ4n) is 2.44. The molecular weight excluding hydrogens is 300 g/mol. The smallest absolute Gasteiger partial charge is 0.211 e. The molecule has 1 unspecified atom stereocenters. The van der Waals surface area contributed by atoms with E-state index in [0.717, 1.165) is 25.1 Å². The minimum atomic E-state index is -3.08. The molecule has 0 aliphatic rings. The van der Waals surface area contributed by atoms with Crippen LogP contribution in [0.3, 0.4) is 0 Å². The molecule has 1 aromatic rings. The number of nitrogens with one attached hydrogen (secondary N) is 1. The number of methoxy groups -OCH3 is 1. The maximum atomic E-state index is 11.5. The first-order valence-corrected chi connectivity index (χ1v) is 9.53. The molecule has 1 aromatic carbocycles. The number of nitrogens with zero attached hydrogens (tertiary/aromatic N) is 1. The summed E-state index contributed by atoms with van der Waals surface area (Å²) >= 11 is 0. The topological polar surface area (TPSA) is 58.6 Å². The Hall–Kier alpha value is -1.11. The highest BCUT2D eigenvalue weighted by atomic mass is 32.2. The Kier molecular flexibility index (Phi) is 7.85. The van der Waals surface area contributed by atoms with E-state index in [1.54, 1.807) is 7.11 Å². The average molecular weight is 328 g/mol. The molecule has 0 aliphatic carbocycles. The Labute approximate surface area is 134 Å².